The molecule has 3 aromatic rings. The van der Waals surface area contributed by atoms with Crippen LogP contribution in [0.1, 0.15) is 39.4 Å². The van der Waals surface area contributed by atoms with Gasteiger partial charge in [0.15, 0.2) is 17.3 Å². The first-order chi connectivity index (χ1) is 16.0. The zero-order valence-corrected chi connectivity index (χ0v) is 18.0. The summed E-state index contributed by atoms with van der Waals surface area (Å²) < 4.78 is 22.1. The molecule has 3 aromatic carbocycles. The van der Waals surface area contributed by atoms with Crippen molar-refractivity contribution in [1.29, 1.82) is 0 Å². The number of hydrogen-bond donors (Lipinski definition) is 1. The van der Waals surface area contributed by atoms with Crippen LogP contribution in [0.15, 0.2) is 60.4 Å². The first kappa shape index (κ1) is 20.6. The molecule has 7 heteroatoms. The van der Waals surface area contributed by atoms with Gasteiger partial charge in [0.1, 0.15) is 17.2 Å². The fourth-order valence-corrected chi connectivity index (χ4v) is 4.27. The third-order valence-electron chi connectivity index (χ3n) is 5.79. The van der Waals surface area contributed by atoms with Crippen LogP contribution in [0, 0.1) is 0 Å². The van der Waals surface area contributed by atoms with Crippen LogP contribution in [0.5, 0.6) is 28.7 Å². The largest absolute Gasteiger partial charge is 0.504 e. The third-order valence-corrected chi connectivity index (χ3v) is 5.79. The number of rotatable bonds is 4. The lowest BCUT2D eigenvalue weighted by Crippen LogP contribution is -2.22. The second-order valence-electron chi connectivity index (χ2n) is 7.70. The van der Waals surface area contributed by atoms with Gasteiger partial charge in [-0.3, -0.25) is 9.59 Å². The van der Waals surface area contributed by atoms with Gasteiger partial charge in [-0.1, -0.05) is 24.3 Å². The highest BCUT2D eigenvalue weighted by Gasteiger charge is 2.39. The maximum atomic E-state index is 13.1. The van der Waals surface area contributed by atoms with Crippen LogP contribution in [0.25, 0.3) is 6.08 Å². The summed E-state index contributed by atoms with van der Waals surface area (Å²) in [6, 6.07) is 15.5. The van der Waals surface area contributed by atoms with Gasteiger partial charge >= 0.3 is 5.97 Å². The van der Waals surface area contributed by atoms with Gasteiger partial charge in [-0.2, -0.15) is 0 Å². The number of benzene rings is 3. The Morgan fingerprint density at radius 2 is 1.76 bits per heavy atom. The van der Waals surface area contributed by atoms with Gasteiger partial charge in [0.05, 0.1) is 26.2 Å². The van der Waals surface area contributed by atoms with Crippen LogP contribution in [0.2, 0.25) is 0 Å². The summed E-state index contributed by atoms with van der Waals surface area (Å²) in [5.74, 6) is 0.690. The Kier molecular flexibility index (Phi) is 5.01. The summed E-state index contributed by atoms with van der Waals surface area (Å²) in [5, 5.41) is 10.1. The second kappa shape index (κ2) is 8.02. The molecule has 2 heterocycles. The molecule has 33 heavy (non-hydrogen) atoms. The number of ether oxygens (including phenoxy) is 4. The van der Waals surface area contributed by atoms with Gasteiger partial charge in [-0.05, 0) is 42.0 Å². The molecule has 0 aliphatic carbocycles. The second-order valence-corrected chi connectivity index (χ2v) is 7.70. The number of fused-ring (bicyclic) bond motifs is 3. The van der Waals surface area contributed by atoms with Crippen molar-refractivity contribution in [2.24, 2.45) is 0 Å². The number of aromatic hydroxyl groups is 1. The molecule has 0 aromatic heterocycles. The minimum absolute atomic E-state index is 0.0460. The van der Waals surface area contributed by atoms with Crippen LogP contribution in [0.4, 0.5) is 0 Å². The van der Waals surface area contributed by atoms with Crippen molar-refractivity contribution < 1.29 is 33.6 Å². The molecular formula is C26H20O7. The molecule has 166 valence electrons. The first-order valence-electron chi connectivity index (χ1n) is 10.3. The van der Waals surface area contributed by atoms with E-state index in [0.29, 0.717) is 39.7 Å². The smallest absolute Gasteiger partial charge is 0.312 e. The minimum Gasteiger partial charge on any atom is -0.504 e. The van der Waals surface area contributed by atoms with Gasteiger partial charge in [-0.15, -0.1) is 0 Å². The highest BCUT2D eigenvalue weighted by atomic mass is 16.5. The summed E-state index contributed by atoms with van der Waals surface area (Å²) in [6.45, 7) is 0. The van der Waals surface area contributed by atoms with Crippen LogP contribution < -0.4 is 18.9 Å². The highest BCUT2D eigenvalue weighted by Crippen LogP contribution is 2.50. The SMILES string of the molecule is COc1ccc(C=C2Oc3c(ccc4c3C(c3ccccc3OC)CC(=O)O4)C2=O)cc1O. The number of ketones is 1. The number of Topliss-reactive ketones (excluding diaryl/α,β-unsaturated/α-hetero) is 1. The topological polar surface area (TPSA) is 91.3 Å². The molecule has 2 aliphatic heterocycles. The molecule has 7 nitrogen and oxygen atoms in total. The predicted molar refractivity (Wildman–Crippen MR) is 119 cm³/mol. The molecule has 0 saturated carbocycles. The quantitative estimate of drug-likeness (QED) is 0.361. The molecule has 1 atom stereocenters. The van der Waals surface area contributed by atoms with Crippen molar-refractivity contribution >= 4 is 17.8 Å². The normalized spacial score (nSPS) is 17.8. The Hall–Kier alpha value is -4.26. The Morgan fingerprint density at radius 1 is 0.970 bits per heavy atom. The van der Waals surface area contributed by atoms with Crippen molar-refractivity contribution in [2.45, 2.75) is 12.3 Å². The minimum atomic E-state index is -0.399. The van der Waals surface area contributed by atoms with Gasteiger partial charge in [0.25, 0.3) is 0 Å². The lowest BCUT2D eigenvalue weighted by molar-refractivity contribution is -0.135. The molecule has 0 spiro atoms. The monoisotopic (exact) mass is 444 g/mol. The first-order valence-corrected chi connectivity index (χ1v) is 10.3. The number of carbonyl (C=O) groups excluding carboxylic acids is 2. The molecule has 0 radical (unpaired) electrons. The summed E-state index contributed by atoms with van der Waals surface area (Å²) in [5.41, 5.74) is 2.40. The summed E-state index contributed by atoms with van der Waals surface area (Å²) in [6.07, 6.45) is 1.65. The Balaban J connectivity index is 1.60. The maximum Gasteiger partial charge on any atom is 0.312 e. The van der Waals surface area contributed by atoms with E-state index < -0.39 is 5.92 Å². The zero-order chi connectivity index (χ0) is 23.1. The molecule has 0 bridgehead atoms. The fraction of sp³-hybridized carbons (Fsp3) is 0.154. The summed E-state index contributed by atoms with van der Waals surface area (Å²) in [4.78, 5) is 25.5. The molecule has 0 fully saturated rings. The number of phenolic OH excluding ortho intramolecular Hbond substituents is 1. The molecule has 2 aliphatic rings. The van der Waals surface area contributed by atoms with E-state index in [-0.39, 0.29) is 29.7 Å². The molecule has 1 N–H and O–H groups in total. The Morgan fingerprint density at radius 3 is 2.52 bits per heavy atom. The van der Waals surface area contributed by atoms with Gasteiger partial charge in [0, 0.05) is 17.0 Å². The molecular weight excluding hydrogens is 424 g/mol. The van der Waals surface area contributed by atoms with E-state index in [2.05, 4.69) is 0 Å². The Bertz CT molecular complexity index is 1320. The van der Waals surface area contributed by atoms with E-state index in [1.807, 2.05) is 24.3 Å². The number of hydrogen-bond acceptors (Lipinski definition) is 7. The molecule has 0 saturated heterocycles. The number of methoxy groups -OCH3 is 2. The lowest BCUT2D eigenvalue weighted by atomic mass is 9.84. The highest BCUT2D eigenvalue weighted by molar-refractivity contribution is 6.15. The van der Waals surface area contributed by atoms with Crippen molar-refractivity contribution in [3.63, 3.8) is 0 Å². The van der Waals surface area contributed by atoms with Crippen LogP contribution in [0.3, 0.4) is 0 Å². The number of esters is 1. The van der Waals surface area contributed by atoms with E-state index in [1.54, 1.807) is 37.5 Å². The van der Waals surface area contributed by atoms with E-state index in [4.69, 9.17) is 18.9 Å². The number of phenols is 1. The van der Waals surface area contributed by atoms with E-state index in [0.717, 1.165) is 5.56 Å². The third kappa shape index (κ3) is 3.47. The molecule has 0 amide bonds. The van der Waals surface area contributed by atoms with Crippen LogP contribution in [-0.2, 0) is 4.79 Å². The van der Waals surface area contributed by atoms with E-state index in [9.17, 15) is 14.7 Å². The van der Waals surface area contributed by atoms with Gasteiger partial charge < -0.3 is 24.1 Å². The summed E-state index contributed by atoms with van der Waals surface area (Å²) in [7, 11) is 3.03. The Labute approximate surface area is 189 Å². The average molecular weight is 444 g/mol. The number of para-hydroxylation sites is 1. The van der Waals surface area contributed by atoms with Crippen LogP contribution in [-0.4, -0.2) is 31.1 Å². The van der Waals surface area contributed by atoms with Gasteiger partial charge in [-0.25, -0.2) is 0 Å². The molecule has 5 rings (SSSR count). The van der Waals surface area contributed by atoms with E-state index in [1.165, 1.54) is 13.2 Å². The van der Waals surface area contributed by atoms with E-state index >= 15 is 0 Å². The van der Waals surface area contributed by atoms with Crippen molar-refractivity contribution in [1.82, 2.24) is 0 Å². The van der Waals surface area contributed by atoms with Gasteiger partial charge in [0.2, 0.25) is 5.78 Å². The van der Waals surface area contributed by atoms with Crippen molar-refractivity contribution in [3.8, 4) is 28.7 Å². The lowest BCUT2D eigenvalue weighted by Gasteiger charge is -2.27. The zero-order valence-electron chi connectivity index (χ0n) is 18.0. The summed E-state index contributed by atoms with van der Waals surface area (Å²) >= 11 is 0. The fourth-order valence-electron chi connectivity index (χ4n) is 4.27. The standard InChI is InChI=1S/C26H20O7/c1-30-19-6-4-3-5-15(19)17-13-23(28)32-21-10-8-16-25(29)22(33-26(16)24(17)21)12-14-7-9-20(31-2)18(27)11-14/h3-12,17,27H,13H2,1-2H3. The number of carbonyl (C=O) groups is 2. The number of allylic oxidation sites excluding steroid dienone is 1. The van der Waals surface area contributed by atoms with Crippen LogP contribution >= 0.6 is 0 Å². The predicted octanol–water partition coefficient (Wildman–Crippen LogP) is 4.47. The van der Waals surface area contributed by atoms with Crippen molar-refractivity contribution in [2.75, 3.05) is 14.2 Å². The maximum absolute atomic E-state index is 13.1. The van der Waals surface area contributed by atoms with Crippen molar-refractivity contribution in [3.05, 3.63) is 82.6 Å². The average Bonchev–Trinajstić information content (AvgIpc) is 3.13. The molecule has 1 unspecified atom stereocenters.